The molecule has 0 unspecified atom stereocenters. The van der Waals surface area contributed by atoms with Gasteiger partial charge in [0.25, 0.3) is 0 Å². The van der Waals surface area contributed by atoms with Crippen molar-refractivity contribution in [3.05, 3.63) is 63.4 Å². The number of fused-ring (bicyclic) bond motifs is 1. The first-order chi connectivity index (χ1) is 9.69. The zero-order valence-electron chi connectivity index (χ0n) is 10.8. The second kappa shape index (κ2) is 5.13. The van der Waals surface area contributed by atoms with Gasteiger partial charge in [-0.3, -0.25) is 0 Å². The highest BCUT2D eigenvalue weighted by atomic mass is 79.9. The van der Waals surface area contributed by atoms with Crippen LogP contribution in [0.3, 0.4) is 0 Å². The van der Waals surface area contributed by atoms with Crippen molar-refractivity contribution in [1.82, 2.24) is 0 Å². The van der Waals surface area contributed by atoms with Crippen LogP contribution in [0.4, 0.5) is 5.69 Å². The van der Waals surface area contributed by atoms with Gasteiger partial charge in [0, 0.05) is 28.2 Å². The number of hydrogen-bond donors (Lipinski definition) is 1. The molecule has 0 saturated heterocycles. The molecule has 0 atom stereocenters. The van der Waals surface area contributed by atoms with Crippen molar-refractivity contribution in [2.24, 2.45) is 0 Å². The second-order valence-electron chi connectivity index (χ2n) is 4.43. The van der Waals surface area contributed by atoms with Crippen molar-refractivity contribution in [3.63, 3.8) is 0 Å². The van der Waals surface area contributed by atoms with Crippen LogP contribution in [0.2, 0.25) is 0 Å². The lowest BCUT2D eigenvalue weighted by molar-refractivity contribution is 0.563. The van der Waals surface area contributed by atoms with Crippen LogP contribution < -0.4 is 10.9 Å². The molecule has 100 valence electrons. The predicted molar refractivity (Wildman–Crippen MR) is 85.2 cm³/mol. The third-order valence-electron chi connectivity index (χ3n) is 3.18. The van der Waals surface area contributed by atoms with E-state index in [1.807, 2.05) is 49.5 Å². The maximum Gasteiger partial charge on any atom is 0.344 e. The van der Waals surface area contributed by atoms with E-state index in [1.165, 1.54) is 0 Å². The first-order valence-corrected chi connectivity index (χ1v) is 6.99. The van der Waals surface area contributed by atoms with Crippen LogP contribution in [0.25, 0.3) is 22.1 Å². The van der Waals surface area contributed by atoms with Gasteiger partial charge in [-0.2, -0.15) is 0 Å². The van der Waals surface area contributed by atoms with Crippen molar-refractivity contribution in [2.45, 2.75) is 0 Å². The van der Waals surface area contributed by atoms with E-state index in [4.69, 9.17) is 4.42 Å². The fourth-order valence-corrected chi connectivity index (χ4v) is 2.57. The van der Waals surface area contributed by atoms with E-state index in [9.17, 15) is 4.79 Å². The van der Waals surface area contributed by atoms with Gasteiger partial charge < -0.3 is 9.73 Å². The first kappa shape index (κ1) is 12.9. The summed E-state index contributed by atoms with van der Waals surface area (Å²) >= 11 is 3.43. The highest BCUT2D eigenvalue weighted by molar-refractivity contribution is 9.10. The molecule has 0 fully saturated rings. The van der Waals surface area contributed by atoms with Crippen LogP contribution in [0.1, 0.15) is 0 Å². The van der Waals surface area contributed by atoms with Gasteiger partial charge in [-0.1, -0.05) is 40.2 Å². The number of hydrogen-bond acceptors (Lipinski definition) is 3. The van der Waals surface area contributed by atoms with E-state index in [-0.39, 0.29) is 5.63 Å². The van der Waals surface area contributed by atoms with Gasteiger partial charge in [0.05, 0.1) is 5.56 Å². The summed E-state index contributed by atoms with van der Waals surface area (Å²) in [4.78, 5) is 12.2. The van der Waals surface area contributed by atoms with Crippen molar-refractivity contribution >= 4 is 32.6 Å². The lowest BCUT2D eigenvalue weighted by atomic mass is 10.0. The van der Waals surface area contributed by atoms with Gasteiger partial charge in [-0.05, 0) is 24.3 Å². The molecule has 1 N–H and O–H groups in total. The summed E-state index contributed by atoms with van der Waals surface area (Å²) in [5, 5.41) is 4.01. The summed E-state index contributed by atoms with van der Waals surface area (Å²) in [6, 6.07) is 15.1. The summed E-state index contributed by atoms with van der Waals surface area (Å²) < 4.78 is 6.34. The highest BCUT2D eigenvalue weighted by Crippen LogP contribution is 2.30. The number of nitrogens with one attached hydrogen (secondary N) is 1. The summed E-state index contributed by atoms with van der Waals surface area (Å²) in [6.07, 6.45) is 0. The van der Waals surface area contributed by atoms with Gasteiger partial charge >= 0.3 is 5.63 Å². The molecule has 2 aromatic carbocycles. The summed E-state index contributed by atoms with van der Waals surface area (Å²) in [7, 11) is 1.83. The van der Waals surface area contributed by atoms with Crippen LogP contribution in [0.5, 0.6) is 0 Å². The first-order valence-electron chi connectivity index (χ1n) is 6.19. The molecule has 4 heteroatoms. The third kappa shape index (κ3) is 2.23. The van der Waals surface area contributed by atoms with E-state index in [1.54, 1.807) is 6.07 Å². The topological polar surface area (TPSA) is 42.2 Å². The molecule has 3 rings (SSSR count). The van der Waals surface area contributed by atoms with Crippen LogP contribution >= 0.6 is 15.9 Å². The molecule has 20 heavy (non-hydrogen) atoms. The monoisotopic (exact) mass is 329 g/mol. The van der Waals surface area contributed by atoms with E-state index in [2.05, 4.69) is 21.2 Å². The maximum absolute atomic E-state index is 12.2. The molecule has 1 heterocycles. The van der Waals surface area contributed by atoms with Crippen molar-refractivity contribution in [2.75, 3.05) is 12.4 Å². The number of anilines is 1. The summed E-state index contributed by atoms with van der Waals surface area (Å²) in [6.45, 7) is 0. The van der Waals surface area contributed by atoms with Gasteiger partial charge in [0.1, 0.15) is 5.58 Å². The summed E-state index contributed by atoms with van der Waals surface area (Å²) in [5.41, 5.74) is 2.53. The Balaban J connectivity index is 2.29. The van der Waals surface area contributed by atoms with Crippen molar-refractivity contribution < 1.29 is 4.42 Å². The van der Waals surface area contributed by atoms with Crippen LogP contribution in [-0.2, 0) is 0 Å². The smallest absolute Gasteiger partial charge is 0.344 e. The van der Waals surface area contributed by atoms with Crippen molar-refractivity contribution in [1.29, 1.82) is 0 Å². The fourth-order valence-electron chi connectivity index (χ4n) is 2.21. The summed E-state index contributed by atoms with van der Waals surface area (Å²) in [5.74, 6) is 0. The number of para-hydroxylation sites is 1. The molecule has 0 bridgehead atoms. The molecule has 3 aromatic rings. The Morgan fingerprint density at radius 2 is 1.85 bits per heavy atom. The zero-order chi connectivity index (χ0) is 14.1. The molecule has 0 aliphatic rings. The molecule has 1 aromatic heterocycles. The SMILES string of the molecule is CNc1cc(Br)ccc1-c1cc2ccccc2oc1=O. The van der Waals surface area contributed by atoms with E-state index in [0.717, 1.165) is 21.1 Å². The Bertz CT molecular complexity index is 839. The average molecular weight is 330 g/mol. The zero-order valence-corrected chi connectivity index (χ0v) is 12.4. The number of rotatable bonds is 2. The average Bonchev–Trinajstić information content (AvgIpc) is 2.46. The largest absolute Gasteiger partial charge is 0.422 e. The standard InChI is InChI=1S/C16H12BrNO2/c1-18-14-9-11(17)6-7-12(14)13-8-10-4-2-3-5-15(10)20-16(13)19/h2-9,18H,1H3. The number of halogens is 1. The molecule has 0 saturated carbocycles. The van der Waals surface area contributed by atoms with Gasteiger partial charge in [-0.15, -0.1) is 0 Å². The van der Waals surface area contributed by atoms with Gasteiger partial charge in [-0.25, -0.2) is 4.79 Å². The molecule has 0 amide bonds. The lowest BCUT2D eigenvalue weighted by Gasteiger charge is -2.09. The van der Waals surface area contributed by atoms with E-state index < -0.39 is 0 Å². The molecule has 0 radical (unpaired) electrons. The molecule has 0 spiro atoms. The Hall–Kier alpha value is -2.07. The van der Waals surface area contributed by atoms with E-state index in [0.29, 0.717) is 11.1 Å². The fraction of sp³-hybridized carbons (Fsp3) is 0.0625. The minimum Gasteiger partial charge on any atom is -0.422 e. The molecule has 3 nitrogen and oxygen atoms in total. The molecular weight excluding hydrogens is 318 g/mol. The normalized spacial score (nSPS) is 10.7. The maximum atomic E-state index is 12.2. The van der Waals surface area contributed by atoms with Crippen molar-refractivity contribution in [3.8, 4) is 11.1 Å². The third-order valence-corrected chi connectivity index (χ3v) is 3.68. The Labute approximate surface area is 124 Å². The second-order valence-corrected chi connectivity index (χ2v) is 5.34. The van der Waals surface area contributed by atoms with Gasteiger partial charge in [0.15, 0.2) is 0 Å². The van der Waals surface area contributed by atoms with E-state index >= 15 is 0 Å². The quantitative estimate of drug-likeness (QED) is 0.714. The van der Waals surface area contributed by atoms with Gasteiger partial charge in [0.2, 0.25) is 0 Å². The number of benzene rings is 2. The van der Waals surface area contributed by atoms with Crippen LogP contribution in [-0.4, -0.2) is 7.05 Å². The molecule has 0 aliphatic carbocycles. The minimum atomic E-state index is -0.331. The predicted octanol–water partition coefficient (Wildman–Crippen LogP) is 4.26. The minimum absolute atomic E-state index is 0.331. The lowest BCUT2D eigenvalue weighted by Crippen LogP contribution is -2.04. The Morgan fingerprint density at radius 1 is 1.05 bits per heavy atom. The van der Waals surface area contributed by atoms with Crippen LogP contribution in [0, 0.1) is 0 Å². The Kier molecular flexibility index (Phi) is 3.32. The van der Waals surface area contributed by atoms with Crippen LogP contribution in [0.15, 0.2) is 62.2 Å². The highest BCUT2D eigenvalue weighted by Gasteiger charge is 2.11. The molecular formula is C16H12BrNO2. The Morgan fingerprint density at radius 3 is 2.65 bits per heavy atom. The molecule has 0 aliphatic heterocycles.